The summed E-state index contributed by atoms with van der Waals surface area (Å²) in [5.74, 6) is -0.764. The maximum Gasteiger partial charge on any atom is 0.488 e. The number of benzene rings is 2. The summed E-state index contributed by atoms with van der Waals surface area (Å²) in [6.07, 6.45) is 0.00138. The van der Waals surface area contributed by atoms with E-state index < -0.39 is 22.4 Å². The van der Waals surface area contributed by atoms with Crippen molar-refractivity contribution in [3.05, 3.63) is 60.2 Å². The van der Waals surface area contributed by atoms with Gasteiger partial charge in [-0.1, -0.05) is 34.2 Å². The smallest absolute Gasteiger partial charge is 0.370 e. The molecule has 2 aromatic rings. The zero-order chi connectivity index (χ0) is 19.9. The Kier molecular flexibility index (Phi) is 6.72. The first-order chi connectivity index (χ1) is 12.7. The molecule has 0 aliphatic rings. The molecule has 27 heavy (non-hydrogen) atoms. The lowest BCUT2D eigenvalue weighted by Crippen LogP contribution is -2.36. The molecule has 0 bridgehead atoms. The van der Waals surface area contributed by atoms with Gasteiger partial charge in [0.25, 0.3) is 0 Å². The average molecular weight is 395 g/mol. The zero-order valence-electron chi connectivity index (χ0n) is 14.2. The summed E-state index contributed by atoms with van der Waals surface area (Å²) in [6, 6.07) is 13.8. The SMILES string of the molecule is NC(=O)CCN(Cc1ccccc1)C(=O)Nc1ccc(OS(=O)(=O)F)cc1. The molecule has 0 aliphatic carbocycles. The highest BCUT2D eigenvalue weighted by Gasteiger charge is 2.16. The predicted octanol–water partition coefficient (Wildman–Crippen LogP) is 2.19. The molecule has 0 atom stereocenters. The average Bonchev–Trinajstić information content (AvgIpc) is 2.59. The van der Waals surface area contributed by atoms with Crippen molar-refractivity contribution in [3.8, 4) is 5.75 Å². The highest BCUT2D eigenvalue weighted by molar-refractivity contribution is 7.81. The number of halogens is 1. The van der Waals surface area contributed by atoms with Gasteiger partial charge in [0.15, 0.2) is 0 Å². The van der Waals surface area contributed by atoms with E-state index in [1.165, 1.54) is 29.2 Å². The van der Waals surface area contributed by atoms with Gasteiger partial charge in [0, 0.05) is 25.2 Å². The summed E-state index contributed by atoms with van der Waals surface area (Å²) >= 11 is 0. The predicted molar refractivity (Wildman–Crippen MR) is 96.8 cm³/mol. The van der Waals surface area contributed by atoms with E-state index in [0.29, 0.717) is 5.69 Å². The molecule has 0 heterocycles. The van der Waals surface area contributed by atoms with E-state index in [1.807, 2.05) is 30.3 Å². The van der Waals surface area contributed by atoms with E-state index in [2.05, 4.69) is 9.50 Å². The highest BCUT2D eigenvalue weighted by Crippen LogP contribution is 2.18. The molecule has 0 aliphatic heterocycles. The fourth-order valence-corrected chi connectivity index (χ4v) is 2.55. The third kappa shape index (κ3) is 7.32. The van der Waals surface area contributed by atoms with Gasteiger partial charge < -0.3 is 20.1 Å². The number of anilines is 1. The van der Waals surface area contributed by atoms with Crippen LogP contribution in [-0.2, 0) is 21.8 Å². The second kappa shape index (κ2) is 8.99. The first-order valence-corrected chi connectivity index (χ1v) is 9.16. The number of carbonyl (C=O) groups excluding carboxylic acids is 2. The van der Waals surface area contributed by atoms with Crippen molar-refractivity contribution in [2.24, 2.45) is 5.73 Å². The van der Waals surface area contributed by atoms with Gasteiger partial charge in [-0.3, -0.25) is 4.79 Å². The zero-order valence-corrected chi connectivity index (χ0v) is 15.0. The van der Waals surface area contributed by atoms with Crippen molar-refractivity contribution in [1.82, 2.24) is 4.90 Å². The van der Waals surface area contributed by atoms with Gasteiger partial charge in [-0.15, -0.1) is 0 Å². The number of hydrogen-bond acceptors (Lipinski definition) is 5. The van der Waals surface area contributed by atoms with Crippen LogP contribution in [0.5, 0.6) is 5.75 Å². The fourth-order valence-electron chi connectivity index (χ4n) is 2.21. The standard InChI is InChI=1S/C17H18FN3O5S/c18-27(24,25)26-15-8-6-14(7-9-15)20-17(23)21(11-10-16(19)22)12-13-4-2-1-3-5-13/h1-9H,10-12H2,(H2,19,22)(H,20,23). The third-order valence-corrected chi connectivity index (χ3v) is 3.82. The van der Waals surface area contributed by atoms with Gasteiger partial charge in [-0.2, -0.15) is 8.42 Å². The van der Waals surface area contributed by atoms with Crippen molar-refractivity contribution >= 4 is 28.1 Å². The Morgan fingerprint density at radius 2 is 1.70 bits per heavy atom. The molecule has 0 saturated heterocycles. The molecule has 0 fully saturated rings. The lowest BCUT2D eigenvalue weighted by Gasteiger charge is -2.23. The quantitative estimate of drug-likeness (QED) is 0.664. The van der Waals surface area contributed by atoms with Crippen LogP contribution in [0.15, 0.2) is 54.6 Å². The molecule has 0 aromatic heterocycles. The van der Waals surface area contributed by atoms with Crippen LogP contribution in [0.25, 0.3) is 0 Å². The van der Waals surface area contributed by atoms with Crippen LogP contribution in [0.2, 0.25) is 0 Å². The minimum atomic E-state index is -5.12. The van der Waals surface area contributed by atoms with E-state index in [9.17, 15) is 21.9 Å². The van der Waals surface area contributed by atoms with Gasteiger partial charge in [0.1, 0.15) is 5.75 Å². The lowest BCUT2D eigenvalue weighted by atomic mass is 10.2. The molecular formula is C17H18FN3O5S. The Morgan fingerprint density at radius 1 is 1.07 bits per heavy atom. The number of urea groups is 1. The second-order valence-electron chi connectivity index (χ2n) is 5.55. The number of nitrogens with two attached hydrogens (primary N) is 1. The Balaban J connectivity index is 2.06. The molecule has 10 heteroatoms. The minimum Gasteiger partial charge on any atom is -0.370 e. The van der Waals surface area contributed by atoms with Crippen LogP contribution in [0.4, 0.5) is 14.4 Å². The Morgan fingerprint density at radius 3 is 2.26 bits per heavy atom. The number of carbonyl (C=O) groups is 2. The number of amides is 3. The van der Waals surface area contributed by atoms with Crippen LogP contribution in [0.3, 0.4) is 0 Å². The van der Waals surface area contributed by atoms with Gasteiger partial charge in [-0.25, -0.2) is 4.79 Å². The van der Waals surface area contributed by atoms with E-state index in [-0.39, 0.29) is 25.3 Å². The van der Waals surface area contributed by atoms with Gasteiger partial charge in [-0.05, 0) is 29.8 Å². The maximum atomic E-state index is 12.5. The number of primary amides is 1. The van der Waals surface area contributed by atoms with Gasteiger partial charge in [0.05, 0.1) is 0 Å². The monoisotopic (exact) mass is 395 g/mol. The number of rotatable bonds is 8. The summed E-state index contributed by atoms with van der Waals surface area (Å²) in [6.45, 7) is 0.387. The largest absolute Gasteiger partial charge is 0.488 e. The summed E-state index contributed by atoms with van der Waals surface area (Å²) in [4.78, 5) is 25.0. The molecule has 2 rings (SSSR count). The minimum absolute atomic E-state index is 0.00138. The van der Waals surface area contributed by atoms with Crippen LogP contribution >= 0.6 is 0 Å². The molecule has 3 N–H and O–H groups in total. The van der Waals surface area contributed by atoms with Gasteiger partial charge >= 0.3 is 16.5 Å². The van der Waals surface area contributed by atoms with Crippen molar-refractivity contribution < 1.29 is 26.1 Å². The number of nitrogens with one attached hydrogen (secondary N) is 1. The Bertz CT molecular complexity index is 889. The molecule has 0 unspecified atom stereocenters. The van der Waals surface area contributed by atoms with Crippen LogP contribution in [0.1, 0.15) is 12.0 Å². The fraction of sp³-hybridized carbons (Fsp3) is 0.176. The van der Waals surface area contributed by atoms with E-state index in [1.54, 1.807) is 0 Å². The first kappa shape index (κ1) is 20.2. The molecule has 2 aromatic carbocycles. The first-order valence-electron chi connectivity index (χ1n) is 7.85. The van der Waals surface area contributed by atoms with E-state index in [0.717, 1.165) is 5.56 Å². The topological polar surface area (TPSA) is 119 Å². The van der Waals surface area contributed by atoms with Crippen molar-refractivity contribution in [2.45, 2.75) is 13.0 Å². The maximum absolute atomic E-state index is 12.5. The highest BCUT2D eigenvalue weighted by atomic mass is 32.3. The second-order valence-corrected chi connectivity index (χ2v) is 6.51. The van der Waals surface area contributed by atoms with E-state index in [4.69, 9.17) is 5.73 Å². The Labute approximate surface area is 156 Å². The van der Waals surface area contributed by atoms with E-state index >= 15 is 0 Å². The van der Waals surface area contributed by atoms with Crippen molar-refractivity contribution in [2.75, 3.05) is 11.9 Å². The summed E-state index contributed by atoms with van der Waals surface area (Å²) in [5, 5.41) is 2.61. The molecule has 144 valence electrons. The van der Waals surface area contributed by atoms with Crippen LogP contribution in [-0.4, -0.2) is 31.8 Å². The van der Waals surface area contributed by atoms with Crippen LogP contribution in [0, 0.1) is 0 Å². The summed E-state index contributed by atoms with van der Waals surface area (Å²) in [7, 11) is -5.12. The molecule has 0 spiro atoms. The number of nitrogens with zero attached hydrogens (tertiary/aromatic N) is 1. The van der Waals surface area contributed by atoms with Gasteiger partial charge in [0.2, 0.25) is 5.91 Å². The summed E-state index contributed by atoms with van der Waals surface area (Å²) in [5.41, 5.74) is 6.37. The summed E-state index contributed by atoms with van der Waals surface area (Å²) < 4.78 is 37.5. The van der Waals surface area contributed by atoms with Crippen molar-refractivity contribution in [3.63, 3.8) is 0 Å². The molecule has 0 saturated carbocycles. The van der Waals surface area contributed by atoms with Crippen LogP contribution < -0.4 is 15.2 Å². The lowest BCUT2D eigenvalue weighted by molar-refractivity contribution is -0.118. The molecule has 8 nitrogen and oxygen atoms in total. The molecular weight excluding hydrogens is 377 g/mol. The third-order valence-electron chi connectivity index (χ3n) is 3.43. The molecule has 3 amide bonds. The normalized spacial score (nSPS) is 10.9. The van der Waals surface area contributed by atoms with Crippen molar-refractivity contribution in [1.29, 1.82) is 0 Å². The molecule has 0 radical (unpaired) electrons. The Hall–Kier alpha value is -3.14. The number of hydrogen-bond donors (Lipinski definition) is 2.